The molecule has 0 bridgehead atoms. The predicted octanol–water partition coefficient (Wildman–Crippen LogP) is 7.30. The van der Waals surface area contributed by atoms with Gasteiger partial charge in [-0.25, -0.2) is 0 Å². The molecule has 0 aliphatic heterocycles. The summed E-state index contributed by atoms with van der Waals surface area (Å²) in [6.45, 7) is 18.2. The average Bonchev–Trinajstić information content (AvgIpc) is 2.75. The highest BCUT2D eigenvalue weighted by Crippen LogP contribution is 2.46. The maximum Gasteiger partial charge on any atom is 0.192 e. The van der Waals surface area contributed by atoms with E-state index in [-0.39, 0.29) is 11.1 Å². The summed E-state index contributed by atoms with van der Waals surface area (Å²) >= 11 is 0. The Balaban J connectivity index is 1.91. The molecule has 172 valence electrons. The Bertz CT molecular complexity index is 959. The van der Waals surface area contributed by atoms with Gasteiger partial charge in [-0.3, -0.25) is 0 Å². The fourth-order valence-electron chi connectivity index (χ4n) is 4.11. The van der Waals surface area contributed by atoms with Crippen LogP contribution >= 0.6 is 7.14 Å². The molecule has 3 rings (SSSR count). The van der Waals surface area contributed by atoms with Crippen LogP contribution in [0.1, 0.15) is 40.5 Å². The summed E-state index contributed by atoms with van der Waals surface area (Å²) in [6.07, 6.45) is 4.74. The molecule has 0 amide bonds. The highest BCUT2D eigenvalue weighted by Gasteiger charge is 2.41. The lowest BCUT2D eigenvalue weighted by molar-refractivity contribution is 0.174. The van der Waals surface area contributed by atoms with Gasteiger partial charge in [-0.1, -0.05) is 101 Å². The zero-order chi connectivity index (χ0) is 23.6. The van der Waals surface area contributed by atoms with E-state index in [0.29, 0.717) is 12.1 Å². The van der Waals surface area contributed by atoms with Crippen molar-refractivity contribution in [2.24, 2.45) is 5.92 Å². The minimum Gasteiger partial charge on any atom is -0.410 e. The first kappa shape index (κ1) is 25.0. The van der Waals surface area contributed by atoms with Gasteiger partial charge in [0.25, 0.3) is 0 Å². The van der Waals surface area contributed by atoms with Gasteiger partial charge in [0, 0.05) is 16.8 Å². The van der Waals surface area contributed by atoms with Crippen LogP contribution in [0.3, 0.4) is 0 Å². The van der Waals surface area contributed by atoms with Gasteiger partial charge in [-0.15, -0.1) is 0 Å². The number of rotatable bonds is 6. The van der Waals surface area contributed by atoms with Crippen molar-refractivity contribution in [2.75, 3.05) is 6.16 Å². The van der Waals surface area contributed by atoms with E-state index in [0.717, 1.165) is 29.0 Å². The van der Waals surface area contributed by atoms with E-state index in [1.165, 1.54) is 5.57 Å². The van der Waals surface area contributed by atoms with Crippen LogP contribution in [0.4, 0.5) is 0 Å². The van der Waals surface area contributed by atoms with E-state index in [4.69, 9.17) is 4.43 Å². The van der Waals surface area contributed by atoms with E-state index in [9.17, 15) is 4.57 Å². The average molecular weight is 467 g/mol. The second kappa shape index (κ2) is 9.67. The van der Waals surface area contributed by atoms with Gasteiger partial charge in [-0.05, 0) is 48.0 Å². The van der Waals surface area contributed by atoms with Crippen LogP contribution in [0.15, 0.2) is 84.5 Å². The molecule has 2 atom stereocenters. The first-order valence-electron chi connectivity index (χ1n) is 11.7. The van der Waals surface area contributed by atoms with Crippen LogP contribution < -0.4 is 10.6 Å². The van der Waals surface area contributed by atoms with Crippen molar-refractivity contribution in [2.45, 2.75) is 64.8 Å². The number of hydrogen-bond acceptors (Lipinski definition) is 2. The Kier molecular flexibility index (Phi) is 7.54. The quantitative estimate of drug-likeness (QED) is 0.330. The Morgan fingerprint density at radius 3 is 2.00 bits per heavy atom. The largest absolute Gasteiger partial charge is 0.410 e. The normalized spacial score (nSPS) is 21.7. The monoisotopic (exact) mass is 466 g/mol. The summed E-state index contributed by atoms with van der Waals surface area (Å²) in [4.78, 5) is 0. The van der Waals surface area contributed by atoms with Crippen LogP contribution in [-0.4, -0.2) is 20.6 Å². The lowest BCUT2D eigenvalue weighted by atomic mass is 9.82. The standard InChI is InChI=1S/C28H39O2PSi/c1-22-20-24(23(2)27(21-22)30-32(6,7)28(3,4)5)18-19-31(29,25-14-10-8-11-15-25)26-16-12-9-13-17-26/h8-18,22,27H,2,19-21H2,1,3-7H3/b24-18-. The van der Waals surface area contributed by atoms with Crippen LogP contribution in [0.5, 0.6) is 0 Å². The zero-order valence-electron chi connectivity index (χ0n) is 20.6. The molecule has 2 nitrogen and oxygen atoms in total. The fraction of sp³-hybridized carbons (Fsp3) is 0.429. The van der Waals surface area contributed by atoms with Crippen molar-refractivity contribution in [3.63, 3.8) is 0 Å². The van der Waals surface area contributed by atoms with Gasteiger partial charge < -0.3 is 8.99 Å². The van der Waals surface area contributed by atoms with E-state index in [1.54, 1.807) is 0 Å². The third-order valence-electron chi connectivity index (χ3n) is 7.17. The van der Waals surface area contributed by atoms with Gasteiger partial charge in [0.15, 0.2) is 8.32 Å². The molecule has 1 fully saturated rings. The van der Waals surface area contributed by atoms with Gasteiger partial charge in [-0.2, -0.15) is 0 Å². The molecule has 0 aromatic heterocycles. The summed E-state index contributed by atoms with van der Waals surface area (Å²) in [5, 5.41) is 1.98. The molecule has 32 heavy (non-hydrogen) atoms. The molecular formula is C28H39O2PSi. The molecule has 4 heteroatoms. The minimum atomic E-state index is -2.77. The van der Waals surface area contributed by atoms with E-state index < -0.39 is 15.5 Å². The molecule has 0 radical (unpaired) electrons. The molecule has 0 spiro atoms. The van der Waals surface area contributed by atoms with Gasteiger partial charge in [0.1, 0.15) is 7.14 Å². The van der Waals surface area contributed by atoms with Crippen LogP contribution in [-0.2, 0) is 8.99 Å². The molecule has 1 saturated carbocycles. The van der Waals surface area contributed by atoms with Crippen LogP contribution in [0.25, 0.3) is 0 Å². The minimum absolute atomic E-state index is 0.0544. The van der Waals surface area contributed by atoms with Crippen molar-refractivity contribution < 1.29 is 8.99 Å². The third kappa shape index (κ3) is 5.45. The molecule has 1 aliphatic carbocycles. The van der Waals surface area contributed by atoms with Crippen molar-refractivity contribution in [1.29, 1.82) is 0 Å². The second-order valence-corrected chi connectivity index (χ2v) is 18.4. The van der Waals surface area contributed by atoms with Crippen molar-refractivity contribution in [3.8, 4) is 0 Å². The molecule has 1 aliphatic rings. The van der Waals surface area contributed by atoms with E-state index >= 15 is 0 Å². The van der Waals surface area contributed by atoms with Gasteiger partial charge in [0.2, 0.25) is 0 Å². The molecule has 2 aromatic rings. The molecular weight excluding hydrogens is 427 g/mol. The summed E-state index contributed by atoms with van der Waals surface area (Å²) in [5.41, 5.74) is 2.31. The highest BCUT2D eigenvalue weighted by molar-refractivity contribution is 7.78. The lowest BCUT2D eigenvalue weighted by Crippen LogP contribution is -2.45. The second-order valence-electron chi connectivity index (χ2n) is 10.8. The number of hydrogen-bond donors (Lipinski definition) is 0. The lowest BCUT2D eigenvalue weighted by Gasteiger charge is -2.42. The fourth-order valence-corrected chi connectivity index (χ4v) is 7.91. The predicted molar refractivity (Wildman–Crippen MR) is 142 cm³/mol. The Morgan fingerprint density at radius 2 is 1.53 bits per heavy atom. The van der Waals surface area contributed by atoms with Crippen LogP contribution in [0, 0.1) is 5.92 Å². The van der Waals surface area contributed by atoms with E-state index in [1.807, 2.05) is 60.7 Å². The first-order valence-corrected chi connectivity index (χ1v) is 16.5. The molecule has 2 aromatic carbocycles. The maximum absolute atomic E-state index is 14.4. The SMILES string of the molecule is C=C1/C(=C\CP(=O)(c2ccccc2)c2ccccc2)CC(C)CC1O[Si](C)(C)C(C)(C)C. The molecule has 0 heterocycles. The maximum atomic E-state index is 14.4. The van der Waals surface area contributed by atoms with Crippen molar-refractivity contribution >= 4 is 26.1 Å². The Hall–Kier alpha value is -1.67. The smallest absolute Gasteiger partial charge is 0.192 e. The Labute approximate surface area is 196 Å². The third-order valence-corrected chi connectivity index (χ3v) is 14.6. The van der Waals surface area contributed by atoms with E-state index in [2.05, 4.69) is 53.4 Å². The molecule has 0 saturated heterocycles. The topological polar surface area (TPSA) is 26.3 Å². The van der Waals surface area contributed by atoms with Crippen molar-refractivity contribution in [3.05, 3.63) is 84.5 Å². The summed E-state index contributed by atoms with van der Waals surface area (Å²) in [5.74, 6) is 0.523. The zero-order valence-corrected chi connectivity index (χ0v) is 22.5. The summed E-state index contributed by atoms with van der Waals surface area (Å²) < 4.78 is 21.2. The summed E-state index contributed by atoms with van der Waals surface area (Å²) in [6, 6.07) is 19.8. The first-order chi connectivity index (χ1) is 14.9. The van der Waals surface area contributed by atoms with Gasteiger partial charge in [0.05, 0.1) is 6.10 Å². The Morgan fingerprint density at radius 1 is 1.03 bits per heavy atom. The molecule has 2 unspecified atom stereocenters. The summed E-state index contributed by atoms with van der Waals surface area (Å²) in [7, 11) is -4.67. The number of benzene rings is 2. The van der Waals surface area contributed by atoms with Crippen LogP contribution in [0.2, 0.25) is 18.1 Å². The van der Waals surface area contributed by atoms with Crippen molar-refractivity contribution in [1.82, 2.24) is 0 Å². The molecule has 0 N–H and O–H groups in total. The number of allylic oxidation sites excluding steroid dienone is 1. The highest BCUT2D eigenvalue weighted by atomic mass is 31.2. The van der Waals surface area contributed by atoms with Gasteiger partial charge >= 0.3 is 0 Å².